The summed E-state index contributed by atoms with van der Waals surface area (Å²) < 4.78 is 0. The van der Waals surface area contributed by atoms with Gasteiger partial charge in [-0.2, -0.15) is 0 Å². The fourth-order valence-corrected chi connectivity index (χ4v) is 6.11. The van der Waals surface area contributed by atoms with E-state index in [0.29, 0.717) is 23.5 Å². The lowest BCUT2D eigenvalue weighted by Crippen LogP contribution is -2.43. The van der Waals surface area contributed by atoms with Gasteiger partial charge in [-0.25, -0.2) is 0 Å². The molecule has 2 saturated carbocycles. The third-order valence-electron chi connectivity index (χ3n) is 7.57. The van der Waals surface area contributed by atoms with Crippen LogP contribution in [0.5, 0.6) is 5.75 Å². The highest BCUT2D eigenvalue weighted by Gasteiger charge is 2.54. The van der Waals surface area contributed by atoms with Gasteiger partial charge in [-0.1, -0.05) is 32.4 Å². The number of benzene rings is 1. The minimum absolute atomic E-state index is 0.104. The second kappa shape index (κ2) is 6.46. The number of aliphatic hydroxyl groups is 1. The number of unbranched alkanes of at least 4 members (excludes halogenated alkanes) is 1. The monoisotopic (exact) mass is 340 g/mol. The minimum Gasteiger partial charge on any atom is -0.507 e. The number of phenolic OH excluding ortho intramolecular Hbond substituents is 1. The first-order chi connectivity index (χ1) is 12.0. The maximum atomic E-state index is 10.5. The zero-order chi connectivity index (χ0) is 17.6. The van der Waals surface area contributed by atoms with Crippen molar-refractivity contribution in [3.63, 3.8) is 0 Å². The summed E-state index contributed by atoms with van der Waals surface area (Å²) in [6.07, 6.45) is 13.1. The molecule has 2 heteroatoms. The van der Waals surface area contributed by atoms with Crippen LogP contribution in [0.4, 0.5) is 0 Å². The molecule has 5 atom stereocenters. The van der Waals surface area contributed by atoms with E-state index in [-0.39, 0.29) is 11.5 Å². The van der Waals surface area contributed by atoms with Crippen LogP contribution >= 0.6 is 0 Å². The summed E-state index contributed by atoms with van der Waals surface area (Å²) in [4.78, 5) is 0. The Balaban J connectivity index is 1.66. The number of hydrogen-bond acceptors (Lipinski definition) is 2. The Morgan fingerprint density at radius 2 is 2.04 bits per heavy atom. The van der Waals surface area contributed by atoms with Gasteiger partial charge >= 0.3 is 0 Å². The van der Waals surface area contributed by atoms with Gasteiger partial charge in [0.15, 0.2) is 0 Å². The number of rotatable bonds is 3. The summed E-state index contributed by atoms with van der Waals surface area (Å²) in [6.45, 7) is 4.51. The van der Waals surface area contributed by atoms with Crippen molar-refractivity contribution in [1.82, 2.24) is 0 Å². The molecule has 0 spiro atoms. The van der Waals surface area contributed by atoms with Crippen molar-refractivity contribution in [3.8, 4) is 5.75 Å². The zero-order valence-corrected chi connectivity index (χ0v) is 15.7. The summed E-state index contributed by atoms with van der Waals surface area (Å²) in [6, 6.07) is 4.29. The standard InChI is InChI=1S/C23H32O2/c1-3-4-5-6-16-13-19-15(14-21(16)24)7-8-18-17(19)11-12-23(2)20(18)9-10-22(23)25/h5-6,13-14,17-18,20,22,24-25H,3-4,7-12H2,1-2H3/b6-5+/t17-,18+,20-,22-,23-/m0/s1. The lowest BCUT2D eigenvalue weighted by molar-refractivity contribution is -0.0226. The van der Waals surface area contributed by atoms with E-state index < -0.39 is 0 Å². The predicted octanol–water partition coefficient (Wildman–Crippen LogP) is 5.42. The second-order valence-electron chi connectivity index (χ2n) is 8.85. The van der Waals surface area contributed by atoms with Gasteiger partial charge in [-0.3, -0.25) is 0 Å². The minimum atomic E-state index is -0.104. The first-order valence-corrected chi connectivity index (χ1v) is 10.2. The lowest BCUT2D eigenvalue weighted by atomic mass is 9.55. The van der Waals surface area contributed by atoms with Gasteiger partial charge in [0, 0.05) is 5.56 Å². The first kappa shape index (κ1) is 17.1. The Morgan fingerprint density at radius 3 is 2.84 bits per heavy atom. The van der Waals surface area contributed by atoms with Gasteiger partial charge < -0.3 is 10.2 Å². The van der Waals surface area contributed by atoms with Crippen molar-refractivity contribution >= 4 is 6.08 Å². The zero-order valence-electron chi connectivity index (χ0n) is 15.7. The summed E-state index contributed by atoms with van der Waals surface area (Å²) >= 11 is 0. The Bertz CT molecular complexity index is 677. The van der Waals surface area contributed by atoms with Crippen LogP contribution in [0.25, 0.3) is 6.08 Å². The number of allylic oxidation sites excluding steroid dienone is 1. The molecular weight excluding hydrogens is 308 g/mol. The van der Waals surface area contributed by atoms with Crippen LogP contribution in [0.3, 0.4) is 0 Å². The number of hydrogen-bond donors (Lipinski definition) is 2. The van der Waals surface area contributed by atoms with Crippen molar-refractivity contribution in [3.05, 3.63) is 34.9 Å². The van der Waals surface area contributed by atoms with Crippen molar-refractivity contribution in [2.75, 3.05) is 0 Å². The summed E-state index contributed by atoms with van der Waals surface area (Å²) in [5.74, 6) is 2.43. The van der Waals surface area contributed by atoms with E-state index in [4.69, 9.17) is 0 Å². The predicted molar refractivity (Wildman–Crippen MR) is 103 cm³/mol. The number of fused-ring (bicyclic) bond motifs is 5. The van der Waals surface area contributed by atoms with Crippen LogP contribution in [0.2, 0.25) is 0 Å². The molecular formula is C23H32O2. The van der Waals surface area contributed by atoms with Crippen LogP contribution in [0.15, 0.2) is 18.2 Å². The molecule has 0 radical (unpaired) electrons. The molecule has 4 rings (SSSR count). The molecule has 0 aromatic heterocycles. The highest BCUT2D eigenvalue weighted by atomic mass is 16.3. The Morgan fingerprint density at radius 1 is 1.20 bits per heavy atom. The van der Waals surface area contributed by atoms with Gasteiger partial charge in [0.25, 0.3) is 0 Å². The molecule has 0 aliphatic heterocycles. The quantitative estimate of drug-likeness (QED) is 0.771. The maximum Gasteiger partial charge on any atom is 0.123 e. The van der Waals surface area contributed by atoms with Gasteiger partial charge in [-0.15, -0.1) is 0 Å². The Labute approximate surface area is 152 Å². The van der Waals surface area contributed by atoms with E-state index in [1.165, 1.54) is 30.4 Å². The highest BCUT2D eigenvalue weighted by Crippen LogP contribution is 2.61. The molecule has 0 amide bonds. The van der Waals surface area contributed by atoms with Crippen LogP contribution in [0.1, 0.15) is 81.4 Å². The third kappa shape index (κ3) is 2.73. The van der Waals surface area contributed by atoms with E-state index >= 15 is 0 Å². The fraction of sp³-hybridized carbons (Fsp3) is 0.652. The van der Waals surface area contributed by atoms with E-state index in [0.717, 1.165) is 37.7 Å². The second-order valence-corrected chi connectivity index (χ2v) is 8.85. The molecule has 3 aliphatic carbocycles. The van der Waals surface area contributed by atoms with Crippen molar-refractivity contribution in [1.29, 1.82) is 0 Å². The Hall–Kier alpha value is -1.28. The molecule has 1 aromatic rings. The number of aromatic hydroxyl groups is 1. The highest BCUT2D eigenvalue weighted by molar-refractivity contribution is 5.60. The maximum absolute atomic E-state index is 10.5. The topological polar surface area (TPSA) is 40.5 Å². The normalized spacial score (nSPS) is 36.9. The average molecular weight is 341 g/mol. The van der Waals surface area contributed by atoms with Gasteiger partial charge in [-0.05, 0) is 91.4 Å². The summed E-state index contributed by atoms with van der Waals surface area (Å²) in [5.41, 5.74) is 3.95. The molecule has 0 heterocycles. The van der Waals surface area contributed by atoms with Crippen molar-refractivity contribution in [2.45, 2.75) is 77.2 Å². The Kier molecular flexibility index (Phi) is 4.43. The first-order valence-electron chi connectivity index (χ1n) is 10.2. The molecule has 25 heavy (non-hydrogen) atoms. The lowest BCUT2D eigenvalue weighted by Gasteiger charge is -2.50. The van der Waals surface area contributed by atoms with Crippen LogP contribution < -0.4 is 0 Å². The van der Waals surface area contributed by atoms with E-state index in [1.54, 1.807) is 0 Å². The van der Waals surface area contributed by atoms with Crippen LogP contribution in [-0.2, 0) is 6.42 Å². The molecule has 3 aliphatic rings. The molecule has 136 valence electrons. The van der Waals surface area contributed by atoms with E-state index in [2.05, 4.69) is 32.1 Å². The molecule has 2 N–H and O–H groups in total. The molecule has 2 nitrogen and oxygen atoms in total. The number of aliphatic hydroxyl groups excluding tert-OH is 1. The van der Waals surface area contributed by atoms with Gasteiger partial charge in [0.05, 0.1) is 6.10 Å². The fourth-order valence-electron chi connectivity index (χ4n) is 6.11. The molecule has 0 unspecified atom stereocenters. The smallest absolute Gasteiger partial charge is 0.123 e. The molecule has 0 saturated heterocycles. The number of phenols is 1. The van der Waals surface area contributed by atoms with Gasteiger partial charge in [0.1, 0.15) is 5.75 Å². The largest absolute Gasteiger partial charge is 0.507 e. The molecule has 2 fully saturated rings. The van der Waals surface area contributed by atoms with Gasteiger partial charge in [0.2, 0.25) is 0 Å². The molecule has 1 aromatic carbocycles. The SMILES string of the molecule is CCC/C=C/c1cc2c(cc1O)CC[C@@H]1[C@@H]2CC[C@]2(C)[C@@H](O)CC[C@@H]12. The summed E-state index contributed by atoms with van der Waals surface area (Å²) in [7, 11) is 0. The number of aryl methyl sites for hydroxylation is 1. The third-order valence-corrected chi connectivity index (χ3v) is 7.57. The van der Waals surface area contributed by atoms with Crippen LogP contribution in [-0.4, -0.2) is 16.3 Å². The van der Waals surface area contributed by atoms with Crippen molar-refractivity contribution in [2.24, 2.45) is 17.3 Å². The van der Waals surface area contributed by atoms with Crippen molar-refractivity contribution < 1.29 is 10.2 Å². The van der Waals surface area contributed by atoms with E-state index in [1.807, 2.05) is 6.07 Å². The molecule has 0 bridgehead atoms. The average Bonchev–Trinajstić information content (AvgIpc) is 2.91. The summed E-state index contributed by atoms with van der Waals surface area (Å²) in [5, 5.41) is 20.9. The van der Waals surface area contributed by atoms with E-state index in [9.17, 15) is 10.2 Å². The van der Waals surface area contributed by atoms with Crippen LogP contribution in [0, 0.1) is 17.3 Å².